The smallest absolute Gasteiger partial charge is 0.0326 e. The van der Waals surface area contributed by atoms with Gasteiger partial charge in [-0.15, -0.1) is 0 Å². The molecule has 0 amide bonds. The minimum absolute atomic E-state index is 0.264. The quantitative estimate of drug-likeness (QED) is 0.620. The van der Waals surface area contributed by atoms with Crippen LogP contribution in [0.15, 0.2) is 18.2 Å². The van der Waals surface area contributed by atoms with Crippen molar-refractivity contribution in [3.63, 3.8) is 0 Å². The van der Waals surface area contributed by atoms with Gasteiger partial charge < -0.3 is 5.73 Å². The van der Waals surface area contributed by atoms with Crippen molar-refractivity contribution in [2.45, 2.75) is 26.3 Å². The third-order valence-electron chi connectivity index (χ3n) is 2.82. The van der Waals surface area contributed by atoms with Crippen molar-refractivity contribution >= 4 is 0 Å². The number of hydrogen-bond donors (Lipinski definition) is 1. The summed E-state index contributed by atoms with van der Waals surface area (Å²) in [7, 11) is 0. The number of aryl methyl sites for hydroxylation is 1. The van der Waals surface area contributed by atoms with Crippen LogP contribution in [0.4, 0.5) is 0 Å². The lowest BCUT2D eigenvalue weighted by Crippen LogP contribution is -2.13. The van der Waals surface area contributed by atoms with E-state index in [1.54, 1.807) is 0 Å². The molecule has 0 radical (unpaired) electrons. The number of nitrogens with two attached hydrogens (primary N) is 1. The van der Waals surface area contributed by atoms with Gasteiger partial charge in [0.25, 0.3) is 0 Å². The molecule has 1 aromatic carbocycles. The summed E-state index contributed by atoms with van der Waals surface area (Å²) in [6.45, 7) is 4.34. The second-order valence-corrected chi connectivity index (χ2v) is 3.91. The van der Waals surface area contributed by atoms with Gasteiger partial charge >= 0.3 is 0 Å². The van der Waals surface area contributed by atoms with E-state index in [4.69, 9.17) is 5.73 Å². The van der Waals surface area contributed by atoms with Crippen molar-refractivity contribution in [3.05, 3.63) is 34.9 Å². The van der Waals surface area contributed by atoms with E-state index >= 15 is 0 Å². The van der Waals surface area contributed by atoms with Crippen molar-refractivity contribution in [2.24, 2.45) is 11.7 Å². The molecule has 0 aromatic heterocycles. The van der Waals surface area contributed by atoms with Gasteiger partial charge in [-0.25, -0.2) is 0 Å². The van der Waals surface area contributed by atoms with Crippen LogP contribution in [0.3, 0.4) is 0 Å². The lowest BCUT2D eigenvalue weighted by molar-refractivity contribution is 0.513. The van der Waals surface area contributed by atoms with E-state index in [-0.39, 0.29) is 6.04 Å². The maximum Gasteiger partial charge on any atom is 0.0326 e. The molecule has 0 spiro atoms. The zero-order chi connectivity index (χ0) is 8.72. The maximum atomic E-state index is 6.06. The van der Waals surface area contributed by atoms with Gasteiger partial charge in [-0.3, -0.25) is 0 Å². The predicted octanol–water partition coefficient (Wildman–Crippen LogP) is 2.19. The van der Waals surface area contributed by atoms with E-state index in [0.29, 0.717) is 5.92 Å². The Kier molecular flexibility index (Phi) is 1.69. The first-order valence-corrected chi connectivity index (χ1v) is 4.53. The van der Waals surface area contributed by atoms with E-state index in [1.807, 2.05) is 0 Å². The predicted molar refractivity (Wildman–Crippen MR) is 51.0 cm³/mol. The fourth-order valence-electron chi connectivity index (χ4n) is 1.99. The Morgan fingerprint density at radius 1 is 1.42 bits per heavy atom. The van der Waals surface area contributed by atoms with E-state index in [9.17, 15) is 0 Å². The molecule has 1 aromatic rings. The van der Waals surface area contributed by atoms with Crippen molar-refractivity contribution in [2.75, 3.05) is 0 Å². The molecule has 0 fully saturated rings. The van der Waals surface area contributed by atoms with Gasteiger partial charge in [0, 0.05) is 6.04 Å². The first kappa shape index (κ1) is 7.81. The van der Waals surface area contributed by atoms with Gasteiger partial charge in [-0.1, -0.05) is 30.7 Å². The Morgan fingerprint density at radius 3 is 2.92 bits per heavy atom. The van der Waals surface area contributed by atoms with E-state index < -0.39 is 0 Å². The average molecular weight is 161 g/mol. The molecule has 0 aliphatic heterocycles. The molecule has 64 valence electrons. The van der Waals surface area contributed by atoms with Crippen LogP contribution in [0.1, 0.15) is 29.7 Å². The number of fused-ring (bicyclic) bond motifs is 1. The largest absolute Gasteiger partial charge is 0.324 e. The molecule has 0 unspecified atom stereocenters. The van der Waals surface area contributed by atoms with Gasteiger partial charge in [0.1, 0.15) is 0 Å². The van der Waals surface area contributed by atoms with Crippen LogP contribution in [0.5, 0.6) is 0 Å². The molecule has 1 nitrogen and oxygen atoms in total. The SMILES string of the molecule is Cc1ccc2c(c1)[C@H](N)[C@H](C)C2. The minimum Gasteiger partial charge on any atom is -0.324 e. The second kappa shape index (κ2) is 2.60. The van der Waals surface area contributed by atoms with Gasteiger partial charge in [0.05, 0.1) is 0 Å². The van der Waals surface area contributed by atoms with Gasteiger partial charge in [0.2, 0.25) is 0 Å². The third kappa shape index (κ3) is 1.05. The van der Waals surface area contributed by atoms with E-state index in [0.717, 1.165) is 6.42 Å². The van der Waals surface area contributed by atoms with Crippen LogP contribution in [0.2, 0.25) is 0 Å². The molecule has 1 heteroatoms. The Hall–Kier alpha value is -0.820. The summed E-state index contributed by atoms with van der Waals surface area (Å²) in [5, 5.41) is 0. The maximum absolute atomic E-state index is 6.06. The number of benzene rings is 1. The summed E-state index contributed by atoms with van der Waals surface area (Å²) in [4.78, 5) is 0. The van der Waals surface area contributed by atoms with Gasteiger partial charge in [-0.2, -0.15) is 0 Å². The zero-order valence-corrected chi connectivity index (χ0v) is 7.67. The Labute approximate surface area is 73.6 Å². The molecule has 1 aliphatic carbocycles. The molecule has 12 heavy (non-hydrogen) atoms. The van der Waals surface area contributed by atoms with Crippen molar-refractivity contribution in [1.82, 2.24) is 0 Å². The monoisotopic (exact) mass is 161 g/mol. The fraction of sp³-hybridized carbons (Fsp3) is 0.455. The summed E-state index contributed by atoms with van der Waals surface area (Å²) >= 11 is 0. The van der Waals surface area contributed by atoms with Crippen molar-refractivity contribution in [3.8, 4) is 0 Å². The summed E-state index contributed by atoms with van der Waals surface area (Å²) in [6, 6.07) is 6.88. The van der Waals surface area contributed by atoms with Crippen LogP contribution in [0, 0.1) is 12.8 Å². The highest BCUT2D eigenvalue weighted by atomic mass is 14.7. The highest BCUT2D eigenvalue weighted by Crippen LogP contribution is 2.34. The molecular formula is C11H15N. The van der Waals surface area contributed by atoms with Crippen molar-refractivity contribution < 1.29 is 0 Å². The highest BCUT2D eigenvalue weighted by molar-refractivity contribution is 5.38. The number of hydrogen-bond acceptors (Lipinski definition) is 1. The Morgan fingerprint density at radius 2 is 2.17 bits per heavy atom. The molecule has 0 bridgehead atoms. The Bertz CT molecular complexity index is 304. The van der Waals surface area contributed by atoms with Crippen LogP contribution in [0.25, 0.3) is 0 Å². The Balaban J connectivity index is 2.48. The summed E-state index contributed by atoms with van der Waals surface area (Å²) in [5.41, 5.74) is 10.2. The molecule has 2 rings (SSSR count). The van der Waals surface area contributed by atoms with Crippen LogP contribution in [-0.4, -0.2) is 0 Å². The average Bonchev–Trinajstić information content (AvgIpc) is 2.31. The van der Waals surface area contributed by atoms with Gasteiger partial charge in [-0.05, 0) is 30.4 Å². The minimum atomic E-state index is 0.264. The standard InChI is InChI=1S/C11H15N/c1-7-3-4-9-6-8(2)11(12)10(9)5-7/h3-5,8,11H,6,12H2,1-2H3/t8-,11-/m1/s1. The second-order valence-electron chi connectivity index (χ2n) is 3.91. The first-order valence-electron chi connectivity index (χ1n) is 4.53. The lowest BCUT2D eigenvalue weighted by Gasteiger charge is -2.09. The zero-order valence-electron chi connectivity index (χ0n) is 7.67. The molecule has 0 heterocycles. The molecule has 1 aliphatic rings. The lowest BCUT2D eigenvalue weighted by atomic mass is 10.0. The first-order chi connectivity index (χ1) is 5.68. The molecule has 2 N–H and O–H groups in total. The molecule has 2 atom stereocenters. The summed E-state index contributed by atoms with van der Waals surface area (Å²) in [6.07, 6.45) is 1.15. The molecule has 0 saturated carbocycles. The molecule has 0 saturated heterocycles. The summed E-state index contributed by atoms with van der Waals surface area (Å²) < 4.78 is 0. The van der Waals surface area contributed by atoms with Crippen LogP contribution >= 0.6 is 0 Å². The normalized spacial score (nSPS) is 27.2. The topological polar surface area (TPSA) is 26.0 Å². The van der Waals surface area contributed by atoms with Crippen molar-refractivity contribution in [1.29, 1.82) is 0 Å². The summed E-state index contributed by atoms with van der Waals surface area (Å²) in [5.74, 6) is 0.613. The highest BCUT2D eigenvalue weighted by Gasteiger charge is 2.25. The third-order valence-corrected chi connectivity index (χ3v) is 2.82. The van der Waals surface area contributed by atoms with E-state index in [2.05, 4.69) is 32.0 Å². The molecular weight excluding hydrogens is 146 g/mol. The van der Waals surface area contributed by atoms with E-state index in [1.165, 1.54) is 16.7 Å². The van der Waals surface area contributed by atoms with Crippen LogP contribution in [-0.2, 0) is 6.42 Å². The van der Waals surface area contributed by atoms with Gasteiger partial charge in [0.15, 0.2) is 0 Å². The fourth-order valence-corrected chi connectivity index (χ4v) is 1.99. The number of rotatable bonds is 0. The van der Waals surface area contributed by atoms with Crippen LogP contribution < -0.4 is 5.73 Å².